The van der Waals surface area contributed by atoms with Crippen molar-refractivity contribution < 1.29 is 13.7 Å². The zero-order chi connectivity index (χ0) is 33.4. The van der Waals surface area contributed by atoms with E-state index in [2.05, 4.69) is 4.57 Å². The van der Waals surface area contributed by atoms with Crippen LogP contribution >= 0.6 is 0 Å². The lowest BCUT2D eigenvalue weighted by molar-refractivity contribution is 0.589. The van der Waals surface area contributed by atoms with Crippen LogP contribution in [0.4, 0.5) is 0 Å². The molecule has 0 radical (unpaired) electrons. The summed E-state index contributed by atoms with van der Waals surface area (Å²) in [5, 5.41) is 1.86. The van der Waals surface area contributed by atoms with Crippen LogP contribution < -0.4 is 0 Å². The van der Waals surface area contributed by atoms with Gasteiger partial charge in [0.25, 0.3) is 0 Å². The van der Waals surface area contributed by atoms with E-state index in [1.54, 1.807) is 6.07 Å². The lowest BCUT2D eigenvalue weighted by Crippen LogP contribution is -2.17. The van der Waals surface area contributed by atoms with Crippen LogP contribution in [-0.2, 0) is 11.8 Å². The first-order valence-electron chi connectivity index (χ1n) is 16.9. The van der Waals surface area contributed by atoms with E-state index in [-0.39, 0.29) is 53.8 Å². The van der Waals surface area contributed by atoms with Crippen LogP contribution in [0, 0.1) is 0 Å². The summed E-state index contributed by atoms with van der Waals surface area (Å²) in [4.78, 5) is 0. The minimum Gasteiger partial charge on any atom is -0.309 e. The number of hydrogen-bond donors (Lipinski definition) is 0. The van der Waals surface area contributed by atoms with E-state index in [1.165, 1.54) is 0 Å². The highest BCUT2D eigenvalue weighted by Crippen LogP contribution is 2.42. The number of para-hydroxylation sites is 2. The standard InChI is InChI=1S/C35H31N/c1-35(2,3)33-28(26-16-8-5-9-17-26)20-13-23-32(33)36-31-22-11-10-19-29(31)30-21-12-18-27(34(30)36)24-25-14-6-4-7-15-25/h4-23H,24H2,1-3H3/i4D,5D,6D,7D,8D,9D,14D,15D,16D,17D. The Kier molecular flexibility index (Phi) is 3.40. The average Bonchev–Trinajstić information content (AvgIpc) is 3.37. The lowest BCUT2D eigenvalue weighted by Gasteiger charge is -2.28. The summed E-state index contributed by atoms with van der Waals surface area (Å²) in [7, 11) is 0. The quantitative estimate of drug-likeness (QED) is 0.239. The van der Waals surface area contributed by atoms with Crippen molar-refractivity contribution in [1.82, 2.24) is 4.57 Å². The molecule has 0 bridgehead atoms. The first-order chi connectivity index (χ1) is 21.7. The zero-order valence-electron chi connectivity index (χ0n) is 30.4. The van der Waals surface area contributed by atoms with Crippen LogP contribution in [0.3, 0.4) is 0 Å². The predicted molar refractivity (Wildman–Crippen MR) is 154 cm³/mol. The second-order valence-corrected chi connectivity index (χ2v) is 9.90. The molecule has 36 heavy (non-hydrogen) atoms. The van der Waals surface area contributed by atoms with Gasteiger partial charge in [-0.3, -0.25) is 0 Å². The average molecular weight is 476 g/mol. The molecule has 1 nitrogen and oxygen atoms in total. The van der Waals surface area contributed by atoms with Crippen LogP contribution in [0.1, 0.15) is 51.2 Å². The van der Waals surface area contributed by atoms with E-state index >= 15 is 0 Å². The van der Waals surface area contributed by atoms with Gasteiger partial charge in [0.1, 0.15) is 0 Å². The number of benzene rings is 5. The molecule has 0 amide bonds. The number of aromatic nitrogens is 1. The normalized spacial score (nSPS) is 15.8. The largest absolute Gasteiger partial charge is 0.309 e. The van der Waals surface area contributed by atoms with Crippen molar-refractivity contribution in [3.05, 3.63) is 138 Å². The fourth-order valence-electron chi connectivity index (χ4n) is 5.14. The molecule has 0 N–H and O–H groups in total. The Labute approximate surface area is 227 Å². The van der Waals surface area contributed by atoms with Gasteiger partial charge in [0, 0.05) is 10.8 Å². The van der Waals surface area contributed by atoms with Crippen molar-refractivity contribution in [2.24, 2.45) is 0 Å². The smallest absolute Gasteiger partial charge is 0.0629 e. The molecule has 6 aromatic rings. The molecule has 0 aliphatic heterocycles. The summed E-state index contributed by atoms with van der Waals surface area (Å²) in [6, 6.07) is 15.7. The molecule has 1 heterocycles. The molecular formula is C35H31N. The molecule has 0 aliphatic rings. The van der Waals surface area contributed by atoms with E-state index in [9.17, 15) is 0 Å². The van der Waals surface area contributed by atoms with E-state index in [0.29, 0.717) is 5.56 Å². The van der Waals surface area contributed by atoms with Gasteiger partial charge in [-0.05, 0) is 51.8 Å². The number of fused-ring (bicyclic) bond motifs is 3. The van der Waals surface area contributed by atoms with Crippen molar-refractivity contribution in [1.29, 1.82) is 0 Å². The van der Waals surface area contributed by atoms with Gasteiger partial charge >= 0.3 is 0 Å². The maximum atomic E-state index is 8.77. The van der Waals surface area contributed by atoms with Crippen LogP contribution in [0.5, 0.6) is 0 Å². The van der Waals surface area contributed by atoms with E-state index in [1.807, 2.05) is 75.4 Å². The molecule has 0 spiro atoms. The van der Waals surface area contributed by atoms with Crippen molar-refractivity contribution in [2.75, 3.05) is 0 Å². The van der Waals surface area contributed by atoms with E-state index in [0.717, 1.165) is 38.6 Å². The Morgan fingerprint density at radius 1 is 0.694 bits per heavy atom. The van der Waals surface area contributed by atoms with Crippen molar-refractivity contribution >= 4 is 21.8 Å². The maximum absolute atomic E-state index is 8.77. The molecule has 1 aromatic heterocycles. The molecule has 0 saturated heterocycles. The summed E-state index contributed by atoms with van der Waals surface area (Å²) in [6.07, 6.45) is 0.0804. The molecule has 0 saturated carbocycles. The summed E-state index contributed by atoms with van der Waals surface area (Å²) < 4.78 is 86.1. The molecule has 0 aliphatic carbocycles. The molecule has 176 valence electrons. The van der Waals surface area contributed by atoms with Crippen molar-refractivity contribution in [2.45, 2.75) is 32.6 Å². The summed E-state index contributed by atoms with van der Waals surface area (Å²) in [5.74, 6) is 0. The summed E-state index contributed by atoms with van der Waals surface area (Å²) in [5.41, 5.74) is 4.21. The summed E-state index contributed by atoms with van der Waals surface area (Å²) in [6.45, 7) is 6.06. The zero-order valence-corrected chi connectivity index (χ0v) is 20.4. The number of nitrogens with zero attached hydrogens (tertiary/aromatic N) is 1. The molecule has 6 rings (SSSR count). The second kappa shape index (κ2) is 8.84. The number of hydrogen-bond acceptors (Lipinski definition) is 0. The Bertz CT molecular complexity index is 2170. The fourth-order valence-corrected chi connectivity index (χ4v) is 5.14. The van der Waals surface area contributed by atoms with Gasteiger partial charge in [-0.15, -0.1) is 0 Å². The van der Waals surface area contributed by atoms with Crippen LogP contribution in [0.2, 0.25) is 0 Å². The molecule has 0 fully saturated rings. The highest BCUT2D eigenvalue weighted by molar-refractivity contribution is 6.10. The highest BCUT2D eigenvalue weighted by atomic mass is 15.0. The predicted octanol–water partition coefficient (Wildman–Crippen LogP) is 9.34. The van der Waals surface area contributed by atoms with Gasteiger partial charge in [0.15, 0.2) is 0 Å². The van der Waals surface area contributed by atoms with Gasteiger partial charge in [-0.25, -0.2) is 0 Å². The Morgan fingerprint density at radius 2 is 1.36 bits per heavy atom. The van der Waals surface area contributed by atoms with Crippen LogP contribution in [0.25, 0.3) is 38.6 Å². The van der Waals surface area contributed by atoms with E-state index < -0.39 is 29.6 Å². The van der Waals surface area contributed by atoms with Crippen LogP contribution in [0.15, 0.2) is 121 Å². The SMILES string of the molecule is [2H]c1c([2H])c([2H])c(Cc2cccc3c4ccccc4n(-c4cccc(-c5c([2H])c([2H])c([2H])c([2H])c5[2H])c4C(C)(C)C)c23)c([2H])c1[2H]. The monoisotopic (exact) mass is 475 g/mol. The Hall–Kier alpha value is -4.10. The molecular weight excluding hydrogens is 434 g/mol. The first-order valence-corrected chi connectivity index (χ1v) is 11.9. The van der Waals surface area contributed by atoms with Crippen LogP contribution in [-0.4, -0.2) is 4.57 Å². The van der Waals surface area contributed by atoms with Gasteiger partial charge < -0.3 is 4.57 Å². The Balaban J connectivity index is 1.75. The van der Waals surface area contributed by atoms with Gasteiger partial charge in [-0.1, -0.05) is 130 Å². The first kappa shape index (κ1) is 13.8. The van der Waals surface area contributed by atoms with Gasteiger partial charge in [0.2, 0.25) is 0 Å². The Morgan fingerprint density at radius 3 is 2.11 bits per heavy atom. The van der Waals surface area contributed by atoms with E-state index in [4.69, 9.17) is 13.7 Å². The third-order valence-corrected chi connectivity index (χ3v) is 6.50. The minimum absolute atomic E-state index is 0.0804. The molecule has 0 atom stereocenters. The maximum Gasteiger partial charge on any atom is 0.0629 e. The molecule has 0 unspecified atom stereocenters. The minimum atomic E-state index is -0.561. The highest BCUT2D eigenvalue weighted by Gasteiger charge is 2.26. The third-order valence-electron chi connectivity index (χ3n) is 6.50. The summed E-state index contributed by atoms with van der Waals surface area (Å²) >= 11 is 0. The lowest BCUT2D eigenvalue weighted by atomic mass is 9.80. The third kappa shape index (κ3) is 3.82. The second-order valence-electron chi connectivity index (χ2n) is 9.90. The fraction of sp³-hybridized carbons (Fsp3) is 0.143. The van der Waals surface area contributed by atoms with Gasteiger partial charge in [0.05, 0.1) is 30.4 Å². The molecule has 1 heteroatoms. The number of rotatable bonds is 4. The topological polar surface area (TPSA) is 4.93 Å². The molecule has 5 aromatic carbocycles. The van der Waals surface area contributed by atoms with Crippen molar-refractivity contribution in [3.8, 4) is 16.8 Å². The van der Waals surface area contributed by atoms with Crippen molar-refractivity contribution in [3.63, 3.8) is 0 Å². The van der Waals surface area contributed by atoms with Gasteiger partial charge in [-0.2, -0.15) is 0 Å².